The lowest BCUT2D eigenvalue weighted by atomic mass is 9.78. The second kappa shape index (κ2) is 13.4. The molecule has 10 nitrogen and oxygen atoms in total. The highest BCUT2D eigenvalue weighted by Crippen LogP contribution is 2.41. The number of nitrogens with zero attached hydrogens (tertiary/aromatic N) is 4. The number of aromatic nitrogens is 2. The van der Waals surface area contributed by atoms with Crippen molar-refractivity contribution in [2.75, 3.05) is 19.6 Å². The molecule has 1 unspecified atom stereocenters. The predicted octanol–water partition coefficient (Wildman–Crippen LogP) is 3.71. The molecular weight excluding hydrogens is 566 g/mol. The maximum atomic E-state index is 13.2. The van der Waals surface area contributed by atoms with E-state index in [2.05, 4.69) is 9.97 Å². The zero-order valence-corrected chi connectivity index (χ0v) is 21.6. The third kappa shape index (κ3) is 9.42. The molecule has 2 aliphatic rings. The fraction of sp³-hybridized carbons (Fsp3) is 0.440. The summed E-state index contributed by atoms with van der Waals surface area (Å²) in [5.41, 5.74) is 1.88. The number of alkyl halides is 6. The summed E-state index contributed by atoms with van der Waals surface area (Å²) in [7, 11) is 0. The van der Waals surface area contributed by atoms with Crippen molar-refractivity contribution in [1.82, 2.24) is 19.8 Å². The fourth-order valence-corrected chi connectivity index (χ4v) is 4.26. The van der Waals surface area contributed by atoms with Gasteiger partial charge in [0, 0.05) is 44.3 Å². The van der Waals surface area contributed by atoms with E-state index >= 15 is 0 Å². The number of pyridine rings is 2. The Morgan fingerprint density at radius 2 is 1.56 bits per heavy atom. The van der Waals surface area contributed by atoms with Crippen LogP contribution in [0.4, 0.5) is 26.3 Å². The highest BCUT2D eigenvalue weighted by Gasteiger charge is 2.49. The van der Waals surface area contributed by atoms with Crippen LogP contribution in [-0.4, -0.2) is 85.7 Å². The summed E-state index contributed by atoms with van der Waals surface area (Å²) >= 11 is 0. The van der Waals surface area contributed by atoms with Gasteiger partial charge in [-0.05, 0) is 49.9 Å². The minimum absolute atomic E-state index is 0.0729. The van der Waals surface area contributed by atoms with Crippen LogP contribution < -0.4 is 0 Å². The molecule has 2 aromatic rings. The van der Waals surface area contributed by atoms with Crippen LogP contribution >= 0.6 is 0 Å². The number of aliphatic carboxylic acids is 2. The van der Waals surface area contributed by atoms with Crippen LogP contribution in [-0.2, 0) is 20.9 Å². The van der Waals surface area contributed by atoms with Crippen LogP contribution in [0.5, 0.6) is 0 Å². The molecule has 0 bridgehead atoms. The molecule has 224 valence electrons. The summed E-state index contributed by atoms with van der Waals surface area (Å²) in [6, 6.07) is 9.37. The lowest BCUT2D eigenvalue weighted by molar-refractivity contribution is -0.193. The number of halogens is 6. The van der Waals surface area contributed by atoms with Crippen molar-refractivity contribution in [2.24, 2.45) is 5.41 Å². The molecule has 0 aliphatic carbocycles. The first kappa shape index (κ1) is 33.0. The Kier molecular flexibility index (Phi) is 10.8. The van der Waals surface area contributed by atoms with Gasteiger partial charge in [-0.2, -0.15) is 26.3 Å². The summed E-state index contributed by atoms with van der Waals surface area (Å²) in [6.07, 6.45) is -4.12. The van der Waals surface area contributed by atoms with E-state index in [1.165, 1.54) is 0 Å². The molecule has 2 fully saturated rings. The molecule has 0 radical (unpaired) electrons. The number of hydrogen-bond acceptors (Lipinski definition) is 6. The second-order valence-electron chi connectivity index (χ2n) is 9.22. The van der Waals surface area contributed by atoms with E-state index in [1.54, 1.807) is 18.5 Å². The molecule has 1 atom stereocenters. The van der Waals surface area contributed by atoms with E-state index in [9.17, 15) is 35.9 Å². The standard InChI is InChI=1S/C21H24N4O2.2C2HF3O2/c1-16-5-2-7-18(23-16)19(26)25-11-4-8-21(15-25)9-12-24(20(21)27)14-17-6-3-10-22-13-17;2*3-2(4,5)1(6)7/h2-3,5-7,10,13H,4,8-9,11-12,14-15H2,1H3;2*(H,6,7). The number of amides is 2. The van der Waals surface area contributed by atoms with E-state index < -0.39 is 29.7 Å². The van der Waals surface area contributed by atoms with E-state index in [-0.39, 0.29) is 11.8 Å². The van der Waals surface area contributed by atoms with Crippen molar-refractivity contribution >= 4 is 23.8 Å². The number of piperidine rings is 1. The van der Waals surface area contributed by atoms with E-state index in [0.29, 0.717) is 25.3 Å². The number of carbonyl (C=O) groups excluding carboxylic acids is 2. The molecule has 2 aliphatic heterocycles. The van der Waals surface area contributed by atoms with Crippen molar-refractivity contribution in [3.8, 4) is 0 Å². The number of carboxylic acids is 2. The zero-order chi connectivity index (χ0) is 31.0. The Morgan fingerprint density at radius 1 is 0.951 bits per heavy atom. The monoisotopic (exact) mass is 592 g/mol. The van der Waals surface area contributed by atoms with Crippen molar-refractivity contribution in [3.63, 3.8) is 0 Å². The van der Waals surface area contributed by atoms with Crippen molar-refractivity contribution in [2.45, 2.75) is 45.1 Å². The topological polar surface area (TPSA) is 141 Å². The Hall–Kier alpha value is -4.24. The number of carboxylic acid groups (broad SMARTS) is 2. The molecule has 0 saturated carbocycles. The van der Waals surface area contributed by atoms with Gasteiger partial charge in [0.1, 0.15) is 5.69 Å². The summed E-state index contributed by atoms with van der Waals surface area (Å²) < 4.78 is 63.5. The van der Waals surface area contributed by atoms with Crippen LogP contribution in [0.2, 0.25) is 0 Å². The average Bonchev–Trinajstić information content (AvgIpc) is 3.18. The van der Waals surface area contributed by atoms with E-state index in [0.717, 1.165) is 37.1 Å². The maximum absolute atomic E-state index is 13.2. The molecule has 41 heavy (non-hydrogen) atoms. The number of rotatable bonds is 3. The van der Waals surface area contributed by atoms with Crippen molar-refractivity contribution in [1.29, 1.82) is 0 Å². The van der Waals surface area contributed by atoms with E-state index in [1.807, 2.05) is 41.0 Å². The van der Waals surface area contributed by atoms with Crippen molar-refractivity contribution in [3.05, 3.63) is 59.7 Å². The molecule has 4 heterocycles. The van der Waals surface area contributed by atoms with Gasteiger partial charge in [-0.25, -0.2) is 14.6 Å². The molecule has 2 saturated heterocycles. The smallest absolute Gasteiger partial charge is 0.475 e. The van der Waals surface area contributed by atoms with Gasteiger partial charge < -0.3 is 20.0 Å². The number of aryl methyl sites for hydroxylation is 1. The molecule has 2 aromatic heterocycles. The first-order valence-corrected chi connectivity index (χ1v) is 12.0. The second-order valence-corrected chi connectivity index (χ2v) is 9.22. The van der Waals surface area contributed by atoms with Gasteiger partial charge in [0.25, 0.3) is 5.91 Å². The van der Waals surface area contributed by atoms with Crippen LogP contribution in [0.3, 0.4) is 0 Å². The molecule has 2 N–H and O–H groups in total. The Bertz CT molecular complexity index is 1220. The maximum Gasteiger partial charge on any atom is 0.490 e. The van der Waals surface area contributed by atoms with Gasteiger partial charge in [0.15, 0.2) is 0 Å². The zero-order valence-electron chi connectivity index (χ0n) is 21.6. The third-order valence-corrected chi connectivity index (χ3v) is 6.15. The molecule has 2 amide bonds. The Balaban J connectivity index is 0.000000349. The largest absolute Gasteiger partial charge is 0.490 e. The van der Waals surface area contributed by atoms with Gasteiger partial charge in [0.05, 0.1) is 5.41 Å². The lowest BCUT2D eigenvalue weighted by Crippen LogP contribution is -2.49. The highest BCUT2D eigenvalue weighted by atomic mass is 19.4. The van der Waals surface area contributed by atoms with Gasteiger partial charge >= 0.3 is 24.3 Å². The normalized spacial score (nSPS) is 18.7. The number of carbonyl (C=O) groups is 4. The van der Waals surface area contributed by atoms with Crippen molar-refractivity contribution < 1.29 is 55.7 Å². The summed E-state index contributed by atoms with van der Waals surface area (Å²) in [6.45, 7) is 4.38. The molecule has 4 rings (SSSR count). The van der Waals surface area contributed by atoms with Gasteiger partial charge in [-0.15, -0.1) is 0 Å². The first-order valence-electron chi connectivity index (χ1n) is 12.0. The van der Waals surface area contributed by atoms with Gasteiger partial charge in [-0.3, -0.25) is 14.6 Å². The highest BCUT2D eigenvalue weighted by molar-refractivity contribution is 5.93. The summed E-state index contributed by atoms with van der Waals surface area (Å²) in [5, 5.41) is 14.2. The SMILES string of the molecule is Cc1cccc(C(=O)N2CCCC3(CCN(Cc4cccnc4)C3=O)C2)n1.O=C(O)C(F)(F)F.O=C(O)C(F)(F)F. The van der Waals surface area contributed by atoms with Crippen LogP contribution in [0, 0.1) is 12.3 Å². The summed E-state index contributed by atoms with van der Waals surface area (Å²) in [4.78, 5) is 56.1. The average molecular weight is 592 g/mol. The molecule has 0 aromatic carbocycles. The minimum Gasteiger partial charge on any atom is -0.475 e. The quantitative estimate of drug-likeness (QED) is 0.514. The fourth-order valence-electron chi connectivity index (χ4n) is 4.26. The molecular formula is C25H26F6N4O6. The molecule has 16 heteroatoms. The Labute approximate surface area is 229 Å². The Morgan fingerprint density at radius 3 is 2.07 bits per heavy atom. The number of hydrogen-bond donors (Lipinski definition) is 2. The molecule has 1 spiro atoms. The van der Waals surface area contributed by atoms with Crippen LogP contribution in [0.25, 0.3) is 0 Å². The van der Waals surface area contributed by atoms with E-state index in [4.69, 9.17) is 19.8 Å². The first-order chi connectivity index (χ1) is 19.0. The minimum atomic E-state index is -5.08. The lowest BCUT2D eigenvalue weighted by Gasteiger charge is -2.39. The third-order valence-electron chi connectivity index (χ3n) is 6.15. The van der Waals surface area contributed by atoms with Gasteiger partial charge in [-0.1, -0.05) is 12.1 Å². The van der Waals surface area contributed by atoms with Gasteiger partial charge in [0.2, 0.25) is 5.91 Å². The predicted molar refractivity (Wildman–Crippen MR) is 128 cm³/mol. The van der Waals surface area contributed by atoms with Crippen LogP contribution in [0.15, 0.2) is 42.7 Å². The number of likely N-dealkylation sites (tertiary alicyclic amines) is 2. The summed E-state index contributed by atoms with van der Waals surface area (Å²) in [5.74, 6) is -5.42. The van der Waals surface area contributed by atoms with Crippen LogP contribution in [0.1, 0.15) is 41.0 Å².